The molecule has 1 fully saturated rings. The summed E-state index contributed by atoms with van der Waals surface area (Å²) in [6, 6.07) is 7.20. The minimum absolute atomic E-state index is 0.0371. The van der Waals surface area contributed by atoms with Gasteiger partial charge in [-0.15, -0.1) is 0 Å². The van der Waals surface area contributed by atoms with Gasteiger partial charge < -0.3 is 4.90 Å². The van der Waals surface area contributed by atoms with E-state index in [1.807, 2.05) is 43.9 Å². The number of carbonyl (C=O) groups is 1. The van der Waals surface area contributed by atoms with Gasteiger partial charge in [0.25, 0.3) is 5.56 Å². The van der Waals surface area contributed by atoms with Crippen LogP contribution in [0.1, 0.15) is 33.6 Å². The molecule has 0 aromatic carbocycles. The fourth-order valence-corrected chi connectivity index (χ4v) is 3.39. The van der Waals surface area contributed by atoms with Crippen LogP contribution in [0.2, 0.25) is 0 Å². The first kappa shape index (κ1) is 17.5. The normalized spacial score (nSPS) is 18.4. The van der Waals surface area contributed by atoms with Crippen molar-refractivity contribution in [2.24, 2.45) is 11.3 Å². The molecule has 6 heteroatoms. The molecule has 2 aromatic heterocycles. The molecule has 6 nitrogen and oxygen atoms in total. The SMILES string of the molecule is CC(C)(C)C(=O)N1CCC[C@H](Cn2c(=O)ccn2-c2ccccn2)C1. The van der Waals surface area contributed by atoms with E-state index in [9.17, 15) is 9.59 Å². The lowest BCUT2D eigenvalue weighted by Crippen LogP contribution is -2.46. The molecule has 1 amide bonds. The Labute approximate surface area is 148 Å². The zero-order valence-corrected chi connectivity index (χ0v) is 15.2. The number of carbonyl (C=O) groups excluding carboxylic acids is 1. The monoisotopic (exact) mass is 342 g/mol. The standard InChI is InChI=1S/C19H26N4O2/c1-19(2,3)18(25)21-11-6-7-15(13-21)14-23-17(24)9-12-22(23)16-8-4-5-10-20-16/h4-5,8-10,12,15H,6-7,11,13-14H2,1-3H3/t15-/m0/s1. The van der Waals surface area contributed by atoms with Gasteiger partial charge in [-0.2, -0.15) is 0 Å². The highest BCUT2D eigenvalue weighted by molar-refractivity contribution is 5.81. The summed E-state index contributed by atoms with van der Waals surface area (Å²) in [5, 5.41) is 0. The van der Waals surface area contributed by atoms with Crippen molar-refractivity contribution in [1.82, 2.24) is 19.2 Å². The van der Waals surface area contributed by atoms with E-state index in [1.165, 1.54) is 0 Å². The van der Waals surface area contributed by atoms with Crippen molar-refractivity contribution in [3.05, 3.63) is 47.0 Å². The third-order valence-electron chi connectivity index (χ3n) is 4.64. The molecule has 0 N–H and O–H groups in total. The number of aromatic nitrogens is 3. The molecule has 0 aliphatic carbocycles. The first-order chi connectivity index (χ1) is 11.9. The quantitative estimate of drug-likeness (QED) is 0.860. The van der Waals surface area contributed by atoms with Gasteiger partial charge in [-0.05, 0) is 30.9 Å². The fourth-order valence-electron chi connectivity index (χ4n) is 3.39. The van der Waals surface area contributed by atoms with Crippen LogP contribution in [0, 0.1) is 11.3 Å². The number of rotatable bonds is 3. The van der Waals surface area contributed by atoms with Gasteiger partial charge in [-0.25, -0.2) is 14.3 Å². The number of likely N-dealkylation sites (tertiary alicyclic amines) is 1. The van der Waals surface area contributed by atoms with Gasteiger partial charge in [0.05, 0.1) is 0 Å². The van der Waals surface area contributed by atoms with Gasteiger partial charge in [-0.1, -0.05) is 26.8 Å². The number of amides is 1. The summed E-state index contributed by atoms with van der Waals surface area (Å²) in [4.78, 5) is 31.1. The number of hydrogen-bond acceptors (Lipinski definition) is 3. The molecule has 25 heavy (non-hydrogen) atoms. The van der Waals surface area contributed by atoms with Crippen LogP contribution >= 0.6 is 0 Å². The first-order valence-electron chi connectivity index (χ1n) is 8.85. The number of pyridine rings is 1. The molecule has 0 unspecified atom stereocenters. The van der Waals surface area contributed by atoms with Gasteiger partial charge >= 0.3 is 0 Å². The smallest absolute Gasteiger partial charge is 0.266 e. The van der Waals surface area contributed by atoms with Crippen molar-refractivity contribution in [1.29, 1.82) is 0 Å². The summed E-state index contributed by atoms with van der Waals surface area (Å²) in [5.74, 6) is 1.18. The van der Waals surface area contributed by atoms with Gasteiger partial charge in [0.2, 0.25) is 5.91 Å². The molecule has 3 rings (SSSR count). The lowest BCUT2D eigenvalue weighted by Gasteiger charge is -2.36. The van der Waals surface area contributed by atoms with Gasteiger partial charge in [0, 0.05) is 43.5 Å². The van der Waals surface area contributed by atoms with Crippen LogP contribution in [-0.2, 0) is 11.3 Å². The summed E-state index contributed by atoms with van der Waals surface area (Å²) < 4.78 is 3.52. The zero-order valence-electron chi connectivity index (χ0n) is 15.2. The second-order valence-corrected chi connectivity index (χ2v) is 7.78. The van der Waals surface area contributed by atoms with Gasteiger partial charge in [0.1, 0.15) is 0 Å². The van der Waals surface area contributed by atoms with E-state index in [2.05, 4.69) is 4.98 Å². The van der Waals surface area contributed by atoms with Crippen LogP contribution in [0.5, 0.6) is 0 Å². The van der Waals surface area contributed by atoms with Crippen molar-refractivity contribution in [3.63, 3.8) is 0 Å². The van der Waals surface area contributed by atoms with Crippen LogP contribution in [0.15, 0.2) is 41.5 Å². The molecular weight excluding hydrogens is 316 g/mol. The van der Waals surface area contributed by atoms with Gasteiger partial charge in [-0.3, -0.25) is 9.59 Å². The predicted molar refractivity (Wildman–Crippen MR) is 96.6 cm³/mol. The maximum absolute atomic E-state index is 12.6. The average Bonchev–Trinajstić information content (AvgIpc) is 2.95. The highest BCUT2D eigenvalue weighted by atomic mass is 16.2. The Balaban J connectivity index is 1.78. The third kappa shape index (κ3) is 3.83. The highest BCUT2D eigenvalue weighted by Gasteiger charge is 2.31. The summed E-state index contributed by atoms with van der Waals surface area (Å²) in [6.45, 7) is 7.97. The summed E-state index contributed by atoms with van der Waals surface area (Å²) in [6.07, 6.45) is 5.47. The molecule has 0 saturated carbocycles. The largest absolute Gasteiger partial charge is 0.342 e. The second-order valence-electron chi connectivity index (χ2n) is 7.78. The van der Waals surface area contributed by atoms with Crippen LogP contribution in [0.3, 0.4) is 0 Å². The van der Waals surface area contributed by atoms with E-state index >= 15 is 0 Å². The first-order valence-corrected chi connectivity index (χ1v) is 8.85. The van der Waals surface area contributed by atoms with Crippen LogP contribution in [0.25, 0.3) is 5.82 Å². The molecule has 0 spiro atoms. The third-order valence-corrected chi connectivity index (χ3v) is 4.64. The molecule has 0 bridgehead atoms. The predicted octanol–water partition coefficient (Wildman–Crippen LogP) is 2.32. The molecule has 2 aromatic rings. The van der Waals surface area contributed by atoms with Crippen LogP contribution < -0.4 is 5.56 Å². The van der Waals surface area contributed by atoms with Crippen molar-refractivity contribution in [2.45, 2.75) is 40.2 Å². The van der Waals surface area contributed by atoms with E-state index in [1.54, 1.807) is 27.8 Å². The Kier molecular flexibility index (Phi) is 4.79. The van der Waals surface area contributed by atoms with E-state index in [0.29, 0.717) is 13.1 Å². The lowest BCUT2D eigenvalue weighted by atomic mass is 9.91. The maximum Gasteiger partial charge on any atom is 0.266 e. The minimum atomic E-state index is -0.368. The minimum Gasteiger partial charge on any atom is -0.342 e. The fraction of sp³-hybridized carbons (Fsp3) is 0.526. The van der Waals surface area contributed by atoms with Crippen LogP contribution in [0.4, 0.5) is 0 Å². The van der Waals surface area contributed by atoms with Crippen LogP contribution in [-0.4, -0.2) is 38.2 Å². The Hall–Kier alpha value is -2.37. The number of piperidine rings is 1. The van der Waals surface area contributed by atoms with E-state index < -0.39 is 0 Å². The summed E-state index contributed by atoms with van der Waals surface area (Å²) >= 11 is 0. The molecule has 0 radical (unpaired) electrons. The number of hydrogen-bond donors (Lipinski definition) is 0. The van der Waals surface area contributed by atoms with Crippen molar-refractivity contribution in [3.8, 4) is 5.82 Å². The van der Waals surface area contributed by atoms with E-state index in [-0.39, 0.29) is 22.8 Å². The molecule has 1 atom stereocenters. The van der Waals surface area contributed by atoms with E-state index in [4.69, 9.17) is 0 Å². The van der Waals surface area contributed by atoms with Crippen molar-refractivity contribution in [2.75, 3.05) is 13.1 Å². The molecule has 3 heterocycles. The Morgan fingerprint density at radius 2 is 2.08 bits per heavy atom. The molecule has 1 aliphatic heterocycles. The number of nitrogens with zero attached hydrogens (tertiary/aromatic N) is 4. The molecular formula is C19H26N4O2. The Bertz CT molecular complexity index is 786. The Morgan fingerprint density at radius 3 is 2.76 bits per heavy atom. The van der Waals surface area contributed by atoms with Crippen molar-refractivity contribution < 1.29 is 4.79 Å². The zero-order chi connectivity index (χ0) is 18.0. The van der Waals surface area contributed by atoms with Crippen molar-refractivity contribution >= 4 is 5.91 Å². The van der Waals surface area contributed by atoms with Gasteiger partial charge in [0.15, 0.2) is 5.82 Å². The summed E-state index contributed by atoms with van der Waals surface area (Å²) in [5.41, 5.74) is -0.405. The maximum atomic E-state index is 12.6. The Morgan fingerprint density at radius 1 is 1.28 bits per heavy atom. The lowest BCUT2D eigenvalue weighted by molar-refractivity contribution is -0.141. The average molecular weight is 342 g/mol. The molecule has 1 aliphatic rings. The topological polar surface area (TPSA) is 60.1 Å². The summed E-state index contributed by atoms with van der Waals surface area (Å²) in [7, 11) is 0. The second kappa shape index (κ2) is 6.86. The highest BCUT2D eigenvalue weighted by Crippen LogP contribution is 2.24. The molecule has 134 valence electrons. The van der Waals surface area contributed by atoms with E-state index in [0.717, 1.165) is 25.2 Å². The molecule has 1 saturated heterocycles.